The molecule has 0 bridgehead atoms. The summed E-state index contributed by atoms with van der Waals surface area (Å²) in [5.74, 6) is -0.428. The molecule has 0 saturated heterocycles. The van der Waals surface area contributed by atoms with Gasteiger partial charge in [-0.25, -0.2) is 0 Å². The molecule has 0 radical (unpaired) electrons. The van der Waals surface area contributed by atoms with Gasteiger partial charge in [0, 0.05) is 18.7 Å². The van der Waals surface area contributed by atoms with Gasteiger partial charge in [-0.2, -0.15) is 13.2 Å². The van der Waals surface area contributed by atoms with E-state index in [1.807, 2.05) is 6.92 Å². The molecule has 1 N–H and O–H groups in total. The first kappa shape index (κ1) is 17.6. The van der Waals surface area contributed by atoms with Gasteiger partial charge in [0.25, 0.3) is 0 Å². The Bertz CT molecular complexity index is 634. The predicted molar refractivity (Wildman–Crippen MR) is 80.0 cm³/mol. The molecule has 0 aliphatic heterocycles. The first-order valence-electron chi connectivity index (χ1n) is 7.01. The molecule has 1 aliphatic carbocycles. The molecule has 1 saturated carbocycles. The van der Waals surface area contributed by atoms with Crippen LogP contribution >= 0.6 is 11.6 Å². The van der Waals surface area contributed by atoms with Crippen LogP contribution in [0.1, 0.15) is 18.9 Å². The number of nitrogens with one attached hydrogen (secondary N) is 1. The van der Waals surface area contributed by atoms with Crippen LogP contribution in [-0.2, 0) is 15.8 Å². The number of amides is 2. The van der Waals surface area contributed by atoms with Crippen molar-refractivity contribution < 1.29 is 22.8 Å². The number of alkyl halides is 3. The van der Waals surface area contributed by atoms with E-state index in [0.717, 1.165) is 18.6 Å². The summed E-state index contributed by atoms with van der Waals surface area (Å²) in [4.78, 5) is 25.1. The quantitative estimate of drug-likeness (QED) is 0.906. The molecule has 2 rings (SSSR count). The predicted octanol–water partition coefficient (Wildman–Crippen LogP) is 3.41. The first-order chi connectivity index (χ1) is 10.6. The molecule has 1 aliphatic rings. The lowest BCUT2D eigenvalue weighted by Gasteiger charge is -2.17. The number of hydrogen-bond donors (Lipinski definition) is 1. The highest BCUT2D eigenvalue weighted by Gasteiger charge is 2.41. The largest absolute Gasteiger partial charge is 0.417 e. The summed E-state index contributed by atoms with van der Waals surface area (Å²) in [5.41, 5.74) is -1.04. The SMILES string of the molecule is C[C@@H]1C[C@@H]1C(=O)N(C)CC(=O)Nc1ccc(Cl)c(C(F)(F)F)c1. The highest BCUT2D eigenvalue weighted by molar-refractivity contribution is 6.31. The molecule has 8 heteroatoms. The van der Waals surface area contributed by atoms with Gasteiger partial charge in [-0.1, -0.05) is 18.5 Å². The number of halogens is 4. The minimum absolute atomic E-state index is 0.0210. The Balaban J connectivity index is 1.99. The van der Waals surface area contributed by atoms with Crippen molar-refractivity contribution in [2.75, 3.05) is 18.9 Å². The number of carbonyl (C=O) groups excluding carboxylic acids is 2. The fourth-order valence-corrected chi connectivity index (χ4v) is 2.49. The van der Waals surface area contributed by atoms with Gasteiger partial charge < -0.3 is 10.2 Å². The van der Waals surface area contributed by atoms with Crippen LogP contribution in [0, 0.1) is 11.8 Å². The number of likely N-dealkylation sites (N-methyl/N-ethyl adjacent to an activating group) is 1. The minimum Gasteiger partial charge on any atom is -0.336 e. The summed E-state index contributed by atoms with van der Waals surface area (Å²) in [6.07, 6.45) is -3.80. The summed E-state index contributed by atoms with van der Waals surface area (Å²) in [6, 6.07) is 3.12. The van der Waals surface area contributed by atoms with Gasteiger partial charge in [0.15, 0.2) is 0 Å². The van der Waals surface area contributed by atoms with E-state index in [4.69, 9.17) is 11.6 Å². The number of anilines is 1. The van der Waals surface area contributed by atoms with Gasteiger partial charge in [0.05, 0.1) is 17.1 Å². The lowest BCUT2D eigenvalue weighted by Crippen LogP contribution is -2.36. The Labute approximate surface area is 136 Å². The first-order valence-corrected chi connectivity index (χ1v) is 7.39. The normalized spacial score (nSPS) is 20.1. The molecule has 2 atom stereocenters. The second kappa shape index (κ2) is 6.39. The molecule has 126 valence electrons. The topological polar surface area (TPSA) is 49.4 Å². The molecule has 4 nitrogen and oxygen atoms in total. The smallest absolute Gasteiger partial charge is 0.336 e. The fraction of sp³-hybridized carbons (Fsp3) is 0.467. The number of benzene rings is 1. The second-order valence-corrected chi connectivity index (χ2v) is 6.16. The zero-order chi connectivity index (χ0) is 17.4. The summed E-state index contributed by atoms with van der Waals surface area (Å²) >= 11 is 5.51. The van der Waals surface area contributed by atoms with Crippen LogP contribution in [0.25, 0.3) is 0 Å². The molecule has 1 aromatic rings. The lowest BCUT2D eigenvalue weighted by atomic mass is 10.2. The maximum absolute atomic E-state index is 12.8. The average molecular weight is 349 g/mol. The maximum Gasteiger partial charge on any atom is 0.417 e. The molecule has 1 aromatic carbocycles. The van der Waals surface area contributed by atoms with Crippen molar-refractivity contribution in [2.24, 2.45) is 11.8 Å². The Morgan fingerprint density at radius 2 is 2.00 bits per heavy atom. The average Bonchev–Trinajstić information content (AvgIpc) is 3.15. The summed E-state index contributed by atoms with van der Waals surface area (Å²) in [5, 5.41) is 1.91. The molecular formula is C15H16ClF3N2O2. The lowest BCUT2D eigenvalue weighted by molar-refractivity contribution is -0.137. The van der Waals surface area contributed by atoms with Crippen LogP contribution in [0.2, 0.25) is 5.02 Å². The summed E-state index contributed by atoms with van der Waals surface area (Å²) < 4.78 is 38.3. The van der Waals surface area contributed by atoms with Gasteiger partial charge in [0.2, 0.25) is 11.8 Å². The summed E-state index contributed by atoms with van der Waals surface area (Å²) in [6.45, 7) is 1.73. The third-order valence-electron chi connectivity index (χ3n) is 3.74. The van der Waals surface area contributed by atoms with E-state index < -0.39 is 22.7 Å². The highest BCUT2D eigenvalue weighted by atomic mass is 35.5. The third kappa shape index (κ3) is 4.37. The Morgan fingerprint density at radius 3 is 2.52 bits per heavy atom. The van der Waals surface area contributed by atoms with Crippen molar-refractivity contribution in [2.45, 2.75) is 19.5 Å². The monoisotopic (exact) mass is 348 g/mol. The van der Waals surface area contributed by atoms with E-state index in [0.29, 0.717) is 5.92 Å². The van der Waals surface area contributed by atoms with Gasteiger partial charge in [-0.3, -0.25) is 9.59 Å². The van der Waals surface area contributed by atoms with Crippen molar-refractivity contribution >= 4 is 29.1 Å². The number of rotatable bonds is 4. The fourth-order valence-electron chi connectivity index (χ4n) is 2.26. The van der Waals surface area contributed by atoms with E-state index in [-0.39, 0.29) is 24.1 Å². The maximum atomic E-state index is 12.8. The van der Waals surface area contributed by atoms with Gasteiger partial charge in [-0.05, 0) is 30.5 Å². The van der Waals surface area contributed by atoms with E-state index in [1.54, 1.807) is 0 Å². The Morgan fingerprint density at radius 1 is 1.39 bits per heavy atom. The van der Waals surface area contributed by atoms with Gasteiger partial charge >= 0.3 is 6.18 Å². The number of carbonyl (C=O) groups is 2. The minimum atomic E-state index is -4.60. The summed E-state index contributed by atoms with van der Waals surface area (Å²) in [7, 11) is 1.50. The second-order valence-electron chi connectivity index (χ2n) is 5.75. The molecule has 1 fully saturated rings. The van der Waals surface area contributed by atoms with Crippen molar-refractivity contribution in [3.8, 4) is 0 Å². The molecule has 0 heterocycles. The van der Waals surface area contributed by atoms with Crippen LogP contribution in [-0.4, -0.2) is 30.3 Å². The standard InChI is InChI=1S/C15H16ClF3N2O2/c1-8-5-10(8)14(23)21(2)7-13(22)20-9-3-4-12(16)11(6-9)15(17,18)19/h3-4,6,8,10H,5,7H2,1-2H3,(H,20,22)/t8-,10+/m1/s1. The van der Waals surface area contributed by atoms with E-state index >= 15 is 0 Å². The molecule has 2 amide bonds. The molecular weight excluding hydrogens is 333 g/mol. The molecule has 23 heavy (non-hydrogen) atoms. The molecule has 0 aromatic heterocycles. The number of hydrogen-bond acceptors (Lipinski definition) is 2. The van der Waals surface area contributed by atoms with Gasteiger partial charge in [0.1, 0.15) is 0 Å². The Hall–Kier alpha value is -1.76. The zero-order valence-corrected chi connectivity index (χ0v) is 13.3. The molecule has 0 spiro atoms. The van der Waals surface area contributed by atoms with Gasteiger partial charge in [-0.15, -0.1) is 0 Å². The van der Waals surface area contributed by atoms with Crippen molar-refractivity contribution in [3.05, 3.63) is 28.8 Å². The van der Waals surface area contributed by atoms with E-state index in [2.05, 4.69) is 5.32 Å². The number of nitrogens with zero attached hydrogens (tertiary/aromatic N) is 1. The van der Waals surface area contributed by atoms with Crippen molar-refractivity contribution in [3.63, 3.8) is 0 Å². The van der Waals surface area contributed by atoms with Crippen LogP contribution in [0.15, 0.2) is 18.2 Å². The van der Waals surface area contributed by atoms with Crippen LogP contribution < -0.4 is 5.32 Å². The van der Waals surface area contributed by atoms with Crippen LogP contribution in [0.4, 0.5) is 18.9 Å². The highest BCUT2D eigenvalue weighted by Crippen LogP contribution is 2.39. The van der Waals surface area contributed by atoms with Crippen LogP contribution in [0.3, 0.4) is 0 Å². The Kier molecular flexibility index (Phi) is 4.89. The van der Waals surface area contributed by atoms with E-state index in [1.165, 1.54) is 18.0 Å². The zero-order valence-electron chi connectivity index (χ0n) is 12.6. The van der Waals surface area contributed by atoms with Crippen molar-refractivity contribution in [1.82, 2.24) is 4.90 Å². The van der Waals surface area contributed by atoms with Crippen molar-refractivity contribution in [1.29, 1.82) is 0 Å². The van der Waals surface area contributed by atoms with E-state index in [9.17, 15) is 22.8 Å². The molecule has 0 unspecified atom stereocenters. The van der Waals surface area contributed by atoms with Crippen LogP contribution in [0.5, 0.6) is 0 Å². The third-order valence-corrected chi connectivity index (χ3v) is 4.07.